The van der Waals surface area contributed by atoms with Gasteiger partial charge in [0.1, 0.15) is 5.75 Å². The van der Waals surface area contributed by atoms with E-state index >= 15 is 0 Å². The van der Waals surface area contributed by atoms with Gasteiger partial charge in [-0.3, -0.25) is 0 Å². The Morgan fingerprint density at radius 1 is 1.05 bits per heavy atom. The number of fused-ring (bicyclic) bond motifs is 1. The van der Waals surface area contributed by atoms with Gasteiger partial charge >= 0.3 is 0 Å². The lowest BCUT2D eigenvalue weighted by Crippen LogP contribution is -2.05. The van der Waals surface area contributed by atoms with Gasteiger partial charge in [0.05, 0.1) is 13.7 Å². The summed E-state index contributed by atoms with van der Waals surface area (Å²) in [5.74, 6) is 1.33. The van der Waals surface area contributed by atoms with E-state index in [0.29, 0.717) is 5.92 Å². The van der Waals surface area contributed by atoms with Crippen LogP contribution in [0.3, 0.4) is 0 Å². The van der Waals surface area contributed by atoms with Crippen molar-refractivity contribution in [2.75, 3.05) is 20.3 Å². The Balaban J connectivity index is 2.16. The summed E-state index contributed by atoms with van der Waals surface area (Å²) in [5.41, 5.74) is 1.33. The van der Waals surface area contributed by atoms with Crippen molar-refractivity contribution in [3.05, 3.63) is 42.0 Å². The first-order chi connectivity index (χ1) is 9.24. The van der Waals surface area contributed by atoms with Gasteiger partial charge in [0.2, 0.25) is 0 Å². The molecular weight excluding hydrogens is 236 g/mol. The molecule has 0 saturated carbocycles. The van der Waals surface area contributed by atoms with Crippen molar-refractivity contribution in [1.82, 2.24) is 0 Å². The Morgan fingerprint density at radius 3 is 2.53 bits per heavy atom. The monoisotopic (exact) mass is 258 g/mol. The van der Waals surface area contributed by atoms with Crippen LogP contribution in [0.4, 0.5) is 0 Å². The van der Waals surface area contributed by atoms with Gasteiger partial charge in [-0.25, -0.2) is 0 Å². The summed E-state index contributed by atoms with van der Waals surface area (Å²) in [6.07, 6.45) is 1.07. The summed E-state index contributed by atoms with van der Waals surface area (Å²) in [6, 6.07) is 12.8. The van der Waals surface area contributed by atoms with Crippen molar-refractivity contribution < 1.29 is 9.47 Å². The summed E-state index contributed by atoms with van der Waals surface area (Å²) in [4.78, 5) is 0. The fourth-order valence-corrected chi connectivity index (χ4v) is 2.18. The zero-order valence-corrected chi connectivity index (χ0v) is 12.0. The highest BCUT2D eigenvalue weighted by atomic mass is 16.5. The summed E-state index contributed by atoms with van der Waals surface area (Å²) in [7, 11) is 1.70. The predicted octanol–water partition coefficient (Wildman–Crippen LogP) is 4.38. The minimum Gasteiger partial charge on any atom is -0.497 e. The number of methoxy groups -OCH3 is 1. The largest absolute Gasteiger partial charge is 0.497 e. The van der Waals surface area contributed by atoms with E-state index in [1.54, 1.807) is 7.11 Å². The van der Waals surface area contributed by atoms with Crippen LogP contribution < -0.4 is 4.74 Å². The van der Waals surface area contributed by atoms with Crippen molar-refractivity contribution in [3.8, 4) is 5.75 Å². The lowest BCUT2D eigenvalue weighted by Gasteiger charge is -2.13. The molecule has 0 heterocycles. The summed E-state index contributed by atoms with van der Waals surface area (Å²) in [5, 5.41) is 2.46. The van der Waals surface area contributed by atoms with Crippen LogP contribution in [0.5, 0.6) is 5.75 Å². The van der Waals surface area contributed by atoms with Gasteiger partial charge in [0.25, 0.3) is 0 Å². The third-order valence-electron chi connectivity index (χ3n) is 3.36. The maximum absolute atomic E-state index is 5.63. The molecule has 1 atom stereocenters. The molecule has 0 radical (unpaired) electrons. The van der Waals surface area contributed by atoms with E-state index in [-0.39, 0.29) is 0 Å². The van der Waals surface area contributed by atoms with Crippen molar-refractivity contribution >= 4 is 10.8 Å². The molecule has 0 aliphatic rings. The molecule has 0 aromatic heterocycles. The van der Waals surface area contributed by atoms with Gasteiger partial charge in [-0.2, -0.15) is 0 Å². The average Bonchev–Trinajstić information content (AvgIpc) is 2.46. The van der Waals surface area contributed by atoms with Gasteiger partial charge in [0, 0.05) is 12.5 Å². The molecule has 2 heteroatoms. The van der Waals surface area contributed by atoms with Crippen LogP contribution in [-0.4, -0.2) is 20.3 Å². The van der Waals surface area contributed by atoms with Crippen molar-refractivity contribution in [2.24, 2.45) is 0 Å². The first-order valence-electron chi connectivity index (χ1n) is 6.90. The van der Waals surface area contributed by atoms with E-state index in [1.165, 1.54) is 16.3 Å². The van der Waals surface area contributed by atoms with Crippen molar-refractivity contribution in [2.45, 2.75) is 26.2 Å². The molecule has 2 nitrogen and oxygen atoms in total. The predicted molar refractivity (Wildman–Crippen MR) is 80.0 cm³/mol. The van der Waals surface area contributed by atoms with E-state index in [9.17, 15) is 0 Å². The van der Waals surface area contributed by atoms with Gasteiger partial charge in [-0.1, -0.05) is 38.1 Å². The Morgan fingerprint density at radius 2 is 1.79 bits per heavy atom. The highest BCUT2D eigenvalue weighted by Gasteiger charge is 2.07. The molecule has 0 saturated heterocycles. The number of ether oxygens (including phenoxy) is 2. The van der Waals surface area contributed by atoms with Crippen molar-refractivity contribution in [3.63, 3.8) is 0 Å². The maximum Gasteiger partial charge on any atom is 0.119 e. The third-order valence-corrected chi connectivity index (χ3v) is 3.36. The Bertz CT molecular complexity index is 534. The average molecular weight is 258 g/mol. The van der Waals surface area contributed by atoms with Crippen LogP contribution in [0.15, 0.2) is 36.4 Å². The molecule has 2 aromatic rings. The zero-order valence-electron chi connectivity index (χ0n) is 12.0. The smallest absolute Gasteiger partial charge is 0.119 e. The topological polar surface area (TPSA) is 18.5 Å². The molecular formula is C17H22O2. The molecule has 0 aliphatic heterocycles. The normalized spacial score (nSPS) is 12.6. The maximum atomic E-state index is 5.63. The second-order valence-corrected chi connectivity index (χ2v) is 4.95. The van der Waals surface area contributed by atoms with Crippen molar-refractivity contribution in [1.29, 1.82) is 0 Å². The van der Waals surface area contributed by atoms with E-state index in [0.717, 1.165) is 25.4 Å². The molecule has 0 spiro atoms. The molecule has 2 rings (SSSR count). The zero-order chi connectivity index (χ0) is 13.7. The van der Waals surface area contributed by atoms with Crippen LogP contribution >= 0.6 is 0 Å². The lowest BCUT2D eigenvalue weighted by atomic mass is 9.98. The van der Waals surface area contributed by atoms with Crippen LogP contribution in [0.2, 0.25) is 0 Å². The van der Waals surface area contributed by atoms with E-state index in [4.69, 9.17) is 9.47 Å². The van der Waals surface area contributed by atoms with Crippen LogP contribution in [-0.2, 0) is 4.74 Å². The van der Waals surface area contributed by atoms with E-state index < -0.39 is 0 Å². The summed E-state index contributed by atoms with van der Waals surface area (Å²) >= 11 is 0. The van der Waals surface area contributed by atoms with Gasteiger partial charge in [0.15, 0.2) is 0 Å². The quantitative estimate of drug-likeness (QED) is 0.716. The number of rotatable bonds is 6. The van der Waals surface area contributed by atoms with Gasteiger partial charge < -0.3 is 9.47 Å². The van der Waals surface area contributed by atoms with E-state index in [1.807, 2.05) is 6.07 Å². The highest BCUT2D eigenvalue weighted by Crippen LogP contribution is 2.25. The molecule has 19 heavy (non-hydrogen) atoms. The van der Waals surface area contributed by atoms with Crippen LogP contribution in [0, 0.1) is 0 Å². The molecule has 2 aromatic carbocycles. The van der Waals surface area contributed by atoms with Gasteiger partial charge in [-0.05, 0) is 34.9 Å². The number of hydrogen-bond donors (Lipinski definition) is 0. The minimum absolute atomic E-state index is 0.429. The fraction of sp³-hybridized carbons (Fsp3) is 0.412. The Labute approximate surface area is 115 Å². The summed E-state index contributed by atoms with van der Waals surface area (Å²) < 4.78 is 10.9. The SMILES string of the molecule is CCCOC[C@@H](C)c1ccc2cc(OC)ccc2c1. The lowest BCUT2D eigenvalue weighted by molar-refractivity contribution is 0.124. The standard InChI is InChI=1S/C17H22O2/c1-4-9-19-12-13(2)14-5-6-16-11-17(18-3)8-7-15(16)10-14/h5-8,10-11,13H,4,9,12H2,1-3H3/t13-/m1/s1. The van der Waals surface area contributed by atoms with E-state index in [2.05, 4.69) is 44.2 Å². The van der Waals surface area contributed by atoms with Crippen LogP contribution in [0.1, 0.15) is 31.7 Å². The molecule has 0 aliphatic carbocycles. The molecule has 0 bridgehead atoms. The van der Waals surface area contributed by atoms with Gasteiger partial charge in [-0.15, -0.1) is 0 Å². The Kier molecular flexibility index (Phi) is 4.80. The first kappa shape index (κ1) is 13.9. The third kappa shape index (κ3) is 3.48. The molecule has 102 valence electrons. The second-order valence-electron chi connectivity index (χ2n) is 4.95. The minimum atomic E-state index is 0.429. The molecule has 0 N–H and O–H groups in total. The number of benzene rings is 2. The fourth-order valence-electron chi connectivity index (χ4n) is 2.18. The first-order valence-corrected chi connectivity index (χ1v) is 6.90. The molecule has 0 unspecified atom stereocenters. The van der Waals surface area contributed by atoms with Crippen LogP contribution in [0.25, 0.3) is 10.8 Å². The molecule has 0 fully saturated rings. The Hall–Kier alpha value is -1.54. The number of hydrogen-bond acceptors (Lipinski definition) is 2. The second kappa shape index (κ2) is 6.58. The summed E-state index contributed by atoms with van der Waals surface area (Å²) in [6.45, 7) is 5.97. The molecule has 0 amide bonds. The highest BCUT2D eigenvalue weighted by molar-refractivity contribution is 5.84.